The van der Waals surface area contributed by atoms with Crippen molar-refractivity contribution in [3.63, 3.8) is 0 Å². The molecule has 0 aliphatic heterocycles. The fourth-order valence-electron chi connectivity index (χ4n) is 0. The summed E-state index contributed by atoms with van der Waals surface area (Å²) in [5.74, 6) is -1.67. The van der Waals surface area contributed by atoms with E-state index >= 15 is 0 Å². The van der Waals surface area contributed by atoms with Gasteiger partial charge in [-0.25, -0.2) is 0 Å². The molecule has 0 unspecified atom stereocenters. The Labute approximate surface area is 74.0 Å². The van der Waals surface area contributed by atoms with Crippen LogP contribution < -0.4 is 0 Å². The number of carboxylic acids is 2. The van der Waals surface area contributed by atoms with Crippen LogP contribution in [0.4, 0.5) is 0 Å². The molecule has 0 spiro atoms. The van der Waals surface area contributed by atoms with Crippen molar-refractivity contribution in [1.29, 1.82) is 0 Å². The smallest absolute Gasteiger partial charge is 0.300 e. The summed E-state index contributed by atoms with van der Waals surface area (Å²) in [6.07, 6.45) is 0. The van der Waals surface area contributed by atoms with Gasteiger partial charge in [-0.3, -0.25) is 9.59 Å². The van der Waals surface area contributed by atoms with Gasteiger partial charge in [0.05, 0.1) is 0 Å². The summed E-state index contributed by atoms with van der Waals surface area (Å²) in [5, 5.41) is 14.8. The molecule has 0 bridgehead atoms. The van der Waals surface area contributed by atoms with E-state index in [-0.39, 0.29) is 27.7 Å². The number of aliphatic carboxylic acids is 2. The Balaban J connectivity index is -0.0000000171. The van der Waals surface area contributed by atoms with Crippen molar-refractivity contribution in [2.24, 2.45) is 0 Å². The summed E-state index contributed by atoms with van der Waals surface area (Å²) in [6, 6.07) is 0. The Hall–Kier alpha value is -0.634. The predicted molar refractivity (Wildman–Crippen MR) is 33.8 cm³/mol. The first-order valence-electron chi connectivity index (χ1n) is 1.86. The van der Waals surface area contributed by atoms with Gasteiger partial charge in [0, 0.05) is 30.6 Å². The van der Waals surface area contributed by atoms with Crippen molar-refractivity contribution in [1.82, 2.24) is 0 Å². The molecule has 0 saturated heterocycles. The Kier molecular flexibility index (Phi) is 65.4. The van der Waals surface area contributed by atoms with Crippen molar-refractivity contribution in [3.05, 3.63) is 0 Å². The Bertz CT molecular complexity index is 72.6. The minimum absolute atomic E-state index is 0. The van der Waals surface area contributed by atoms with Crippen LogP contribution in [-0.4, -0.2) is 33.1 Å². The molecule has 0 aliphatic rings. The van der Waals surface area contributed by atoms with Crippen LogP contribution >= 0.6 is 0 Å². The third-order valence-electron chi connectivity index (χ3n) is 0. The van der Waals surface area contributed by atoms with E-state index in [0.29, 0.717) is 0 Å². The van der Waals surface area contributed by atoms with Gasteiger partial charge in [-0.15, -0.1) is 0 Å². The molecule has 0 aliphatic carbocycles. The van der Waals surface area contributed by atoms with E-state index in [4.69, 9.17) is 19.8 Å². The van der Waals surface area contributed by atoms with Gasteiger partial charge in [0.2, 0.25) is 0 Å². The van der Waals surface area contributed by atoms with Crippen LogP contribution in [0.1, 0.15) is 13.8 Å². The minimum Gasteiger partial charge on any atom is -0.481 e. The van der Waals surface area contributed by atoms with Crippen LogP contribution in [-0.2, 0) is 26.4 Å². The van der Waals surface area contributed by atoms with Gasteiger partial charge >= 0.3 is 0 Å². The van der Waals surface area contributed by atoms with Gasteiger partial charge in [0.15, 0.2) is 0 Å². The van der Waals surface area contributed by atoms with Gasteiger partial charge in [0.1, 0.15) is 0 Å². The number of hydrogen-bond donors (Lipinski definition) is 2. The fourth-order valence-corrected chi connectivity index (χ4v) is 0. The topological polar surface area (TPSA) is 138 Å². The Morgan fingerprint density at radius 2 is 0.909 bits per heavy atom. The van der Waals surface area contributed by atoms with E-state index in [1.165, 1.54) is 0 Å². The van der Waals surface area contributed by atoms with Gasteiger partial charge in [-0.2, -0.15) is 0 Å². The summed E-state index contributed by atoms with van der Waals surface area (Å²) < 4.78 is 0. The molecule has 0 atom stereocenters. The van der Waals surface area contributed by atoms with E-state index in [2.05, 4.69) is 0 Å². The molecule has 6 N–H and O–H groups in total. The SMILES string of the molecule is CC(=O)O.CC(=O)O.O.O.[Co]. The molecule has 0 rings (SSSR count). The zero-order chi connectivity index (χ0) is 7.15. The molecule has 73 valence electrons. The van der Waals surface area contributed by atoms with E-state index in [1.807, 2.05) is 0 Å². The number of rotatable bonds is 0. The molecule has 0 aromatic rings. The maximum absolute atomic E-state index is 9.00. The summed E-state index contributed by atoms with van der Waals surface area (Å²) >= 11 is 0. The summed E-state index contributed by atoms with van der Waals surface area (Å²) in [7, 11) is 0. The first-order chi connectivity index (χ1) is 3.46. The first-order valence-corrected chi connectivity index (χ1v) is 1.86. The van der Waals surface area contributed by atoms with Crippen LogP contribution in [0.2, 0.25) is 0 Å². The van der Waals surface area contributed by atoms with Crippen LogP contribution in [0.25, 0.3) is 0 Å². The molecule has 7 heteroatoms. The van der Waals surface area contributed by atoms with E-state index < -0.39 is 11.9 Å². The van der Waals surface area contributed by atoms with Crippen LogP contribution in [0.5, 0.6) is 0 Å². The number of hydrogen-bond acceptors (Lipinski definition) is 2. The second-order valence-corrected chi connectivity index (χ2v) is 1.04. The molecule has 0 aromatic carbocycles. The molecule has 11 heavy (non-hydrogen) atoms. The van der Waals surface area contributed by atoms with E-state index in [1.54, 1.807) is 0 Å². The van der Waals surface area contributed by atoms with Crippen molar-refractivity contribution >= 4 is 11.9 Å². The van der Waals surface area contributed by atoms with Gasteiger partial charge in [-0.1, -0.05) is 0 Å². The molecule has 0 aromatic heterocycles. The third kappa shape index (κ3) is 1270. The number of carbonyl (C=O) groups is 2. The van der Waals surface area contributed by atoms with Crippen molar-refractivity contribution < 1.29 is 47.5 Å². The molecular formula is C4H12CoO6. The molecule has 0 saturated carbocycles. The Morgan fingerprint density at radius 1 is 0.909 bits per heavy atom. The van der Waals surface area contributed by atoms with Gasteiger partial charge in [-0.05, 0) is 0 Å². The summed E-state index contributed by atoms with van der Waals surface area (Å²) in [5.41, 5.74) is 0. The zero-order valence-electron chi connectivity index (χ0n) is 6.04. The second kappa shape index (κ2) is 22.8. The monoisotopic (exact) mass is 215 g/mol. The average molecular weight is 215 g/mol. The summed E-state index contributed by atoms with van der Waals surface area (Å²) in [6.45, 7) is 2.17. The molecular weight excluding hydrogens is 203 g/mol. The molecule has 6 nitrogen and oxygen atoms in total. The zero-order valence-corrected chi connectivity index (χ0v) is 7.09. The summed E-state index contributed by atoms with van der Waals surface area (Å²) in [4.78, 5) is 18.0. The van der Waals surface area contributed by atoms with Crippen molar-refractivity contribution in [3.8, 4) is 0 Å². The average Bonchev–Trinajstić information content (AvgIpc) is 1.25. The number of carboxylic acid groups (broad SMARTS) is 2. The quantitative estimate of drug-likeness (QED) is 0.509. The normalized spacial score (nSPS) is 4.55. The maximum atomic E-state index is 9.00. The molecule has 0 fully saturated rings. The van der Waals surface area contributed by atoms with Crippen LogP contribution in [0.3, 0.4) is 0 Å². The molecule has 0 amide bonds. The second-order valence-electron chi connectivity index (χ2n) is 1.04. The maximum Gasteiger partial charge on any atom is 0.300 e. The standard InChI is InChI=1S/2C2H4O2.Co.2H2O/c2*1-2(3)4;;;/h2*1H3,(H,3,4);;2*1H2. The third-order valence-corrected chi connectivity index (χ3v) is 0. The van der Waals surface area contributed by atoms with Crippen molar-refractivity contribution in [2.75, 3.05) is 0 Å². The predicted octanol–water partition coefficient (Wildman–Crippen LogP) is -1.47. The Morgan fingerprint density at radius 3 is 0.909 bits per heavy atom. The fraction of sp³-hybridized carbons (Fsp3) is 0.500. The van der Waals surface area contributed by atoms with Crippen LogP contribution in [0.15, 0.2) is 0 Å². The molecule has 1 radical (unpaired) electrons. The molecule has 0 heterocycles. The van der Waals surface area contributed by atoms with Gasteiger partial charge in [0.25, 0.3) is 11.9 Å². The minimum atomic E-state index is -0.833. The van der Waals surface area contributed by atoms with Gasteiger partial charge < -0.3 is 21.2 Å². The largest absolute Gasteiger partial charge is 0.481 e. The van der Waals surface area contributed by atoms with E-state index in [0.717, 1.165) is 13.8 Å². The van der Waals surface area contributed by atoms with Crippen molar-refractivity contribution in [2.45, 2.75) is 13.8 Å². The van der Waals surface area contributed by atoms with E-state index in [9.17, 15) is 0 Å². The van der Waals surface area contributed by atoms with Crippen LogP contribution in [0, 0.1) is 0 Å². The first kappa shape index (κ1) is 31.6.